The van der Waals surface area contributed by atoms with Crippen LogP contribution in [0.4, 0.5) is 4.79 Å². The minimum atomic E-state index is -0.295. The fourth-order valence-corrected chi connectivity index (χ4v) is 4.16. The Balaban J connectivity index is 1.77. The molecule has 1 saturated heterocycles. The second-order valence-corrected chi connectivity index (χ2v) is 8.33. The lowest BCUT2D eigenvalue weighted by molar-refractivity contribution is -0.122. The second-order valence-electron chi connectivity index (χ2n) is 6.48. The highest BCUT2D eigenvalue weighted by atomic mass is 79.9. The Kier molecular flexibility index (Phi) is 7.95. The summed E-state index contributed by atoms with van der Waals surface area (Å²) < 4.78 is 17.1. The summed E-state index contributed by atoms with van der Waals surface area (Å²) in [5.74, 6) is 0.828. The van der Waals surface area contributed by atoms with Crippen LogP contribution in [-0.2, 0) is 16.1 Å². The molecule has 6 nitrogen and oxygen atoms in total. The number of benzene rings is 2. The summed E-state index contributed by atoms with van der Waals surface area (Å²) in [7, 11) is 3.15. The molecule has 8 heteroatoms. The number of amides is 2. The first-order chi connectivity index (χ1) is 14.5. The number of rotatable bonds is 9. The van der Waals surface area contributed by atoms with E-state index in [1.54, 1.807) is 32.4 Å². The molecule has 0 aliphatic carbocycles. The van der Waals surface area contributed by atoms with Gasteiger partial charge in [0.15, 0.2) is 11.5 Å². The van der Waals surface area contributed by atoms with Crippen molar-refractivity contribution in [1.29, 1.82) is 0 Å². The zero-order valence-corrected chi connectivity index (χ0v) is 19.1. The van der Waals surface area contributed by atoms with Crippen LogP contribution < -0.4 is 9.47 Å². The van der Waals surface area contributed by atoms with E-state index in [1.165, 1.54) is 4.90 Å². The highest BCUT2D eigenvalue weighted by Gasteiger charge is 2.34. The van der Waals surface area contributed by atoms with Crippen molar-refractivity contribution in [2.75, 3.05) is 27.4 Å². The van der Waals surface area contributed by atoms with Gasteiger partial charge in [-0.05, 0) is 47.5 Å². The Morgan fingerprint density at radius 2 is 1.87 bits per heavy atom. The van der Waals surface area contributed by atoms with Crippen molar-refractivity contribution in [3.8, 4) is 11.5 Å². The molecule has 1 fully saturated rings. The van der Waals surface area contributed by atoms with E-state index in [9.17, 15) is 9.59 Å². The molecule has 3 rings (SSSR count). The van der Waals surface area contributed by atoms with E-state index in [-0.39, 0.29) is 11.1 Å². The number of imide groups is 1. The van der Waals surface area contributed by atoms with Gasteiger partial charge in [-0.3, -0.25) is 14.5 Å². The summed E-state index contributed by atoms with van der Waals surface area (Å²) in [4.78, 5) is 26.4. The van der Waals surface area contributed by atoms with Crippen LogP contribution in [0.25, 0.3) is 6.08 Å². The van der Waals surface area contributed by atoms with Crippen LogP contribution in [0.3, 0.4) is 0 Å². The molecule has 2 amide bonds. The summed E-state index contributed by atoms with van der Waals surface area (Å²) in [6.45, 7) is 1.24. The zero-order chi connectivity index (χ0) is 21.5. The lowest BCUT2D eigenvalue weighted by atomic mass is 10.1. The largest absolute Gasteiger partial charge is 0.493 e. The molecular formula is C22H22BrNO5S. The van der Waals surface area contributed by atoms with Crippen molar-refractivity contribution in [2.24, 2.45) is 0 Å². The predicted octanol–water partition coefficient (Wildman–Crippen LogP) is 5.11. The number of carbonyl (C=O) groups excluding carboxylic acids is 2. The quantitative estimate of drug-likeness (QED) is 0.358. The number of hydrogen-bond donors (Lipinski definition) is 0. The highest BCUT2D eigenvalue weighted by Crippen LogP contribution is 2.38. The maximum atomic E-state index is 12.6. The van der Waals surface area contributed by atoms with Gasteiger partial charge in [0.1, 0.15) is 6.61 Å². The fraction of sp³-hybridized carbons (Fsp3) is 0.273. The van der Waals surface area contributed by atoms with Crippen LogP contribution in [0.2, 0.25) is 0 Å². The monoisotopic (exact) mass is 491 g/mol. The molecule has 0 bridgehead atoms. The van der Waals surface area contributed by atoms with Gasteiger partial charge in [-0.2, -0.15) is 0 Å². The number of methoxy groups -OCH3 is 2. The number of thioether (sulfide) groups is 1. The summed E-state index contributed by atoms with van der Waals surface area (Å²) in [6.07, 6.45) is 2.29. The topological polar surface area (TPSA) is 65.1 Å². The smallest absolute Gasteiger partial charge is 0.293 e. The number of ether oxygens (including phenoxy) is 3. The molecule has 0 saturated carbocycles. The van der Waals surface area contributed by atoms with Crippen molar-refractivity contribution >= 4 is 44.9 Å². The van der Waals surface area contributed by atoms with Crippen molar-refractivity contribution < 1.29 is 23.8 Å². The minimum Gasteiger partial charge on any atom is -0.493 e. The van der Waals surface area contributed by atoms with E-state index in [0.29, 0.717) is 42.6 Å². The van der Waals surface area contributed by atoms with Crippen LogP contribution in [-0.4, -0.2) is 43.4 Å². The standard InChI is InChI=1S/C22H22BrNO5S/c1-27-10-6-9-24-21(25)20(30-22(24)26)12-16-11-18(28-2)19(13-17(16)23)29-14-15-7-4-3-5-8-15/h3-5,7-8,11-13H,6,9-10,14H2,1-2H3/b20-12+. The van der Waals surface area contributed by atoms with Crippen molar-refractivity contribution in [3.05, 3.63) is 63.0 Å². The third-order valence-electron chi connectivity index (χ3n) is 4.41. The minimum absolute atomic E-state index is 0.270. The SMILES string of the molecule is COCCCN1C(=O)S/C(=C/c2cc(OC)c(OCc3ccccc3)cc2Br)C1=O. The summed E-state index contributed by atoms with van der Waals surface area (Å²) in [5, 5.41) is -0.270. The average Bonchev–Trinajstić information content (AvgIpc) is 3.02. The predicted molar refractivity (Wildman–Crippen MR) is 121 cm³/mol. The van der Waals surface area contributed by atoms with Crippen LogP contribution in [0.1, 0.15) is 17.5 Å². The van der Waals surface area contributed by atoms with E-state index in [1.807, 2.05) is 30.3 Å². The number of halogens is 1. The lowest BCUT2D eigenvalue weighted by Gasteiger charge is -2.13. The lowest BCUT2D eigenvalue weighted by Crippen LogP contribution is -2.29. The van der Waals surface area contributed by atoms with Gasteiger partial charge in [0.05, 0.1) is 12.0 Å². The molecule has 1 aliphatic rings. The molecule has 30 heavy (non-hydrogen) atoms. The Labute approximate surface area is 188 Å². The van der Waals surface area contributed by atoms with Gasteiger partial charge in [0.25, 0.3) is 11.1 Å². The van der Waals surface area contributed by atoms with Crippen molar-refractivity contribution in [2.45, 2.75) is 13.0 Å². The van der Waals surface area contributed by atoms with Crippen LogP contribution in [0.15, 0.2) is 51.8 Å². The number of nitrogens with zero attached hydrogens (tertiary/aromatic N) is 1. The number of hydrogen-bond acceptors (Lipinski definition) is 6. The summed E-state index contributed by atoms with van der Waals surface area (Å²) in [6, 6.07) is 13.4. The Bertz CT molecular complexity index is 948. The Morgan fingerprint density at radius 3 is 2.57 bits per heavy atom. The van der Waals surface area contributed by atoms with Gasteiger partial charge in [-0.1, -0.05) is 46.3 Å². The molecular weight excluding hydrogens is 470 g/mol. The number of carbonyl (C=O) groups is 2. The van der Waals surface area contributed by atoms with Gasteiger partial charge < -0.3 is 14.2 Å². The van der Waals surface area contributed by atoms with E-state index in [0.717, 1.165) is 27.4 Å². The Morgan fingerprint density at radius 1 is 1.10 bits per heavy atom. The molecule has 1 aliphatic heterocycles. The Hall–Kier alpha value is -2.29. The molecule has 2 aromatic carbocycles. The zero-order valence-electron chi connectivity index (χ0n) is 16.7. The van der Waals surface area contributed by atoms with Gasteiger partial charge in [-0.25, -0.2) is 0 Å². The van der Waals surface area contributed by atoms with Crippen LogP contribution >= 0.6 is 27.7 Å². The van der Waals surface area contributed by atoms with E-state index < -0.39 is 0 Å². The fourth-order valence-electron chi connectivity index (χ4n) is 2.87. The molecule has 0 unspecified atom stereocenters. The normalized spacial score (nSPS) is 15.2. The van der Waals surface area contributed by atoms with Crippen molar-refractivity contribution in [3.63, 3.8) is 0 Å². The first kappa shape index (κ1) is 22.4. The molecule has 0 atom stereocenters. The molecule has 1 heterocycles. The van der Waals surface area contributed by atoms with Gasteiger partial charge >= 0.3 is 0 Å². The van der Waals surface area contributed by atoms with Crippen molar-refractivity contribution in [1.82, 2.24) is 4.90 Å². The third kappa shape index (κ3) is 5.44. The van der Waals surface area contributed by atoms with E-state index in [4.69, 9.17) is 14.2 Å². The van der Waals surface area contributed by atoms with Crippen LogP contribution in [0.5, 0.6) is 11.5 Å². The maximum absolute atomic E-state index is 12.6. The molecule has 158 valence electrons. The first-order valence-electron chi connectivity index (χ1n) is 9.32. The molecule has 0 N–H and O–H groups in total. The third-order valence-corrected chi connectivity index (χ3v) is 6.00. The van der Waals surface area contributed by atoms with Crippen LogP contribution in [0, 0.1) is 0 Å². The van der Waals surface area contributed by atoms with E-state index in [2.05, 4.69) is 15.9 Å². The van der Waals surface area contributed by atoms with Gasteiger partial charge in [-0.15, -0.1) is 0 Å². The molecule has 2 aromatic rings. The maximum Gasteiger partial charge on any atom is 0.293 e. The summed E-state index contributed by atoms with van der Waals surface area (Å²) in [5.41, 5.74) is 1.77. The van der Waals surface area contributed by atoms with Gasteiger partial charge in [0.2, 0.25) is 0 Å². The average molecular weight is 492 g/mol. The second kappa shape index (κ2) is 10.7. The first-order valence-corrected chi connectivity index (χ1v) is 10.9. The molecule has 0 spiro atoms. The summed E-state index contributed by atoms with van der Waals surface area (Å²) >= 11 is 4.46. The van der Waals surface area contributed by atoms with Gasteiger partial charge in [0, 0.05) is 24.7 Å². The highest BCUT2D eigenvalue weighted by molar-refractivity contribution is 9.10. The molecule has 0 aromatic heterocycles. The van der Waals surface area contributed by atoms with E-state index >= 15 is 0 Å². The molecule has 0 radical (unpaired) electrons.